The number of para-hydroxylation sites is 2. The minimum absolute atomic E-state index is 0.0128. The minimum Gasteiger partial charge on any atom is -0.423 e. The van der Waals surface area contributed by atoms with Gasteiger partial charge in [0, 0.05) is 22.3 Å². The molecule has 2 aromatic carbocycles. The molecule has 0 N–H and O–H groups in total. The maximum Gasteiger partial charge on any atom is 0.339 e. The van der Waals surface area contributed by atoms with Crippen LogP contribution in [-0.2, 0) is 9.59 Å². The molecule has 162 valence electrons. The summed E-state index contributed by atoms with van der Waals surface area (Å²) >= 11 is 0. The van der Waals surface area contributed by atoms with Gasteiger partial charge in [-0.3, -0.25) is 0 Å². The predicted molar refractivity (Wildman–Crippen MR) is 125 cm³/mol. The highest BCUT2D eigenvalue weighted by molar-refractivity contribution is 5.94. The molecule has 0 aromatic heterocycles. The Labute approximate surface area is 184 Å². The number of ether oxygens (including phenoxy) is 2. The lowest BCUT2D eigenvalue weighted by Gasteiger charge is -2.16. The molecule has 4 nitrogen and oxygen atoms in total. The van der Waals surface area contributed by atoms with Gasteiger partial charge in [0.25, 0.3) is 0 Å². The highest BCUT2D eigenvalue weighted by atomic mass is 16.5. The largest absolute Gasteiger partial charge is 0.423 e. The molecular formula is C27H30O4. The number of benzene rings is 2. The number of carbonyl (C=O) groups excluding carboxylic acids is 2. The topological polar surface area (TPSA) is 52.6 Å². The number of rotatable bonds is 8. The lowest BCUT2D eigenvalue weighted by molar-refractivity contribution is -0.131. The van der Waals surface area contributed by atoms with Crippen molar-refractivity contribution in [1.29, 1.82) is 0 Å². The van der Waals surface area contributed by atoms with Crippen molar-refractivity contribution in [3.05, 3.63) is 84.5 Å². The molecule has 0 aliphatic heterocycles. The maximum absolute atomic E-state index is 12.8. The van der Waals surface area contributed by atoms with Gasteiger partial charge in [-0.15, -0.1) is 0 Å². The van der Waals surface area contributed by atoms with Crippen LogP contribution in [0.2, 0.25) is 0 Å². The standard InChI is InChI=1S/C27H30O4/c1-7-13-21(19(5)6)27(29)31-25-17-12-10-15-23(25)22-14-9-11-16-24(22)30-26(28)20(8-2)18(3)4/h7-19H,1H2,2-6H3/b20-8+,21-13+. The molecule has 0 aliphatic carbocycles. The van der Waals surface area contributed by atoms with Crippen molar-refractivity contribution in [1.82, 2.24) is 0 Å². The van der Waals surface area contributed by atoms with Gasteiger partial charge in [0.15, 0.2) is 0 Å². The van der Waals surface area contributed by atoms with Gasteiger partial charge in [-0.2, -0.15) is 0 Å². The Bertz CT molecular complexity index is 1010. The zero-order valence-electron chi connectivity index (χ0n) is 18.8. The summed E-state index contributed by atoms with van der Waals surface area (Å²) in [4.78, 5) is 25.4. The summed E-state index contributed by atoms with van der Waals surface area (Å²) in [6, 6.07) is 14.4. The van der Waals surface area contributed by atoms with Gasteiger partial charge in [0.2, 0.25) is 0 Å². The fourth-order valence-electron chi connectivity index (χ4n) is 3.18. The van der Waals surface area contributed by atoms with Gasteiger partial charge in [0.05, 0.1) is 0 Å². The number of esters is 2. The van der Waals surface area contributed by atoms with Gasteiger partial charge >= 0.3 is 11.9 Å². The van der Waals surface area contributed by atoms with E-state index in [1.54, 1.807) is 42.5 Å². The van der Waals surface area contributed by atoms with Crippen LogP contribution in [0.4, 0.5) is 0 Å². The molecule has 2 rings (SSSR count). The lowest BCUT2D eigenvalue weighted by atomic mass is 10.0. The first-order chi connectivity index (χ1) is 14.8. The fourth-order valence-corrected chi connectivity index (χ4v) is 3.18. The molecule has 0 radical (unpaired) electrons. The van der Waals surface area contributed by atoms with E-state index >= 15 is 0 Å². The molecule has 0 bridgehead atoms. The highest BCUT2D eigenvalue weighted by Crippen LogP contribution is 2.37. The second-order valence-corrected chi connectivity index (χ2v) is 7.68. The number of hydrogen-bond donors (Lipinski definition) is 0. The van der Waals surface area contributed by atoms with Crippen LogP contribution in [0, 0.1) is 11.8 Å². The Kier molecular flexibility index (Phi) is 8.56. The van der Waals surface area contributed by atoms with Crippen LogP contribution in [0.5, 0.6) is 11.5 Å². The fraction of sp³-hybridized carbons (Fsp3) is 0.259. The van der Waals surface area contributed by atoms with Crippen LogP contribution < -0.4 is 9.47 Å². The van der Waals surface area contributed by atoms with Gasteiger partial charge < -0.3 is 9.47 Å². The van der Waals surface area contributed by atoms with E-state index in [0.717, 1.165) is 0 Å². The molecule has 0 fully saturated rings. The average molecular weight is 419 g/mol. The lowest BCUT2D eigenvalue weighted by Crippen LogP contribution is -2.16. The van der Waals surface area contributed by atoms with Crippen LogP contribution in [0.3, 0.4) is 0 Å². The van der Waals surface area contributed by atoms with E-state index in [2.05, 4.69) is 6.58 Å². The van der Waals surface area contributed by atoms with Crippen molar-refractivity contribution in [3.8, 4) is 22.6 Å². The Hall–Kier alpha value is -3.40. The normalized spacial score (nSPS) is 12.1. The van der Waals surface area contributed by atoms with Crippen LogP contribution in [0.15, 0.2) is 84.5 Å². The third-order valence-electron chi connectivity index (χ3n) is 4.79. The monoisotopic (exact) mass is 418 g/mol. The Morgan fingerprint density at radius 3 is 1.58 bits per heavy atom. The molecule has 0 saturated carbocycles. The van der Waals surface area contributed by atoms with Gasteiger partial charge in [0.1, 0.15) is 11.5 Å². The molecular weight excluding hydrogens is 388 g/mol. The summed E-state index contributed by atoms with van der Waals surface area (Å²) in [6.45, 7) is 13.2. The SMILES string of the molecule is C=C/C=C(/C(=O)Oc1ccccc1-c1ccccc1OC(=O)/C(=C/C)C(C)C)C(C)C. The van der Waals surface area contributed by atoms with Crippen molar-refractivity contribution >= 4 is 11.9 Å². The zero-order valence-corrected chi connectivity index (χ0v) is 18.8. The first-order valence-corrected chi connectivity index (χ1v) is 10.4. The molecule has 2 aromatic rings. The number of hydrogen-bond acceptors (Lipinski definition) is 4. The van der Waals surface area contributed by atoms with Crippen molar-refractivity contribution in [2.45, 2.75) is 34.6 Å². The molecule has 0 amide bonds. The molecule has 0 spiro atoms. The summed E-state index contributed by atoms with van der Waals surface area (Å²) in [5.74, 6) is -0.00286. The first-order valence-electron chi connectivity index (χ1n) is 10.4. The van der Waals surface area contributed by atoms with E-state index in [0.29, 0.717) is 33.8 Å². The molecule has 0 saturated heterocycles. The van der Waals surface area contributed by atoms with Crippen LogP contribution in [0.25, 0.3) is 11.1 Å². The third kappa shape index (κ3) is 6.05. The van der Waals surface area contributed by atoms with E-state index in [1.807, 2.05) is 58.9 Å². The third-order valence-corrected chi connectivity index (χ3v) is 4.79. The predicted octanol–water partition coefficient (Wildman–Crippen LogP) is 6.54. The molecule has 31 heavy (non-hydrogen) atoms. The van der Waals surface area contributed by atoms with Crippen molar-refractivity contribution in [3.63, 3.8) is 0 Å². The second-order valence-electron chi connectivity index (χ2n) is 7.68. The van der Waals surface area contributed by atoms with Crippen LogP contribution in [-0.4, -0.2) is 11.9 Å². The van der Waals surface area contributed by atoms with Crippen molar-refractivity contribution in [2.24, 2.45) is 11.8 Å². The molecule has 0 heterocycles. The molecule has 0 atom stereocenters. The molecule has 0 unspecified atom stereocenters. The van der Waals surface area contributed by atoms with Gasteiger partial charge in [-0.1, -0.05) is 88.9 Å². The minimum atomic E-state index is -0.437. The van der Waals surface area contributed by atoms with Crippen LogP contribution in [0.1, 0.15) is 34.6 Å². The Morgan fingerprint density at radius 2 is 1.19 bits per heavy atom. The second kappa shape index (κ2) is 11.1. The van der Waals surface area contributed by atoms with Gasteiger partial charge in [-0.25, -0.2) is 9.59 Å². The average Bonchev–Trinajstić information content (AvgIpc) is 2.72. The van der Waals surface area contributed by atoms with Crippen molar-refractivity contribution < 1.29 is 19.1 Å². The Morgan fingerprint density at radius 1 is 0.774 bits per heavy atom. The van der Waals surface area contributed by atoms with E-state index in [9.17, 15) is 9.59 Å². The molecule has 0 aliphatic rings. The van der Waals surface area contributed by atoms with E-state index in [4.69, 9.17) is 9.47 Å². The summed E-state index contributed by atoms with van der Waals surface area (Å²) < 4.78 is 11.5. The number of carbonyl (C=O) groups is 2. The van der Waals surface area contributed by atoms with E-state index in [1.165, 1.54) is 0 Å². The number of allylic oxidation sites excluding steroid dienone is 3. The molecule has 4 heteroatoms. The van der Waals surface area contributed by atoms with E-state index in [-0.39, 0.29) is 11.8 Å². The highest BCUT2D eigenvalue weighted by Gasteiger charge is 2.20. The maximum atomic E-state index is 12.8. The first kappa shape index (κ1) is 23.9. The zero-order chi connectivity index (χ0) is 23.0. The summed E-state index contributed by atoms with van der Waals surface area (Å²) in [6.07, 6.45) is 5.01. The summed E-state index contributed by atoms with van der Waals surface area (Å²) in [5, 5.41) is 0. The van der Waals surface area contributed by atoms with Crippen LogP contribution >= 0.6 is 0 Å². The smallest absolute Gasteiger partial charge is 0.339 e. The van der Waals surface area contributed by atoms with Crippen molar-refractivity contribution in [2.75, 3.05) is 0 Å². The quantitative estimate of drug-likeness (QED) is 0.211. The summed E-state index contributed by atoms with van der Waals surface area (Å²) in [7, 11) is 0. The summed E-state index contributed by atoms with van der Waals surface area (Å²) in [5.41, 5.74) is 2.45. The Balaban J connectivity index is 2.44. The van der Waals surface area contributed by atoms with Gasteiger partial charge in [-0.05, 0) is 30.9 Å². The van der Waals surface area contributed by atoms with E-state index < -0.39 is 11.9 Å².